The normalized spacial score (nSPS) is 10.3. The summed E-state index contributed by atoms with van der Waals surface area (Å²) in [5.74, 6) is -2.32. The minimum Gasteiger partial charge on any atom is -0.320 e. The van der Waals surface area contributed by atoms with Crippen LogP contribution in [0.4, 0.5) is 14.5 Å². The van der Waals surface area contributed by atoms with Crippen LogP contribution < -0.4 is 5.32 Å². The number of benzene rings is 1. The molecule has 3 nitrogen and oxygen atoms in total. The molecule has 0 atom stereocenters. The zero-order valence-electron chi connectivity index (χ0n) is 9.25. The molecule has 1 heterocycles. The van der Waals surface area contributed by atoms with Crippen LogP contribution in [0.15, 0.2) is 30.3 Å². The molecule has 1 amide bonds. The molecule has 0 aliphatic rings. The summed E-state index contributed by atoms with van der Waals surface area (Å²) in [4.78, 5) is 15.6. The van der Waals surface area contributed by atoms with Gasteiger partial charge in [-0.05, 0) is 24.3 Å². The third-order valence-corrected chi connectivity index (χ3v) is 2.66. The van der Waals surface area contributed by atoms with Gasteiger partial charge in [-0.25, -0.2) is 13.8 Å². The minimum absolute atomic E-state index is 0.0413. The van der Waals surface area contributed by atoms with Gasteiger partial charge in [0.15, 0.2) is 0 Å². The van der Waals surface area contributed by atoms with Crippen LogP contribution in [0.2, 0.25) is 10.2 Å². The van der Waals surface area contributed by atoms with Crippen molar-refractivity contribution in [3.63, 3.8) is 0 Å². The Morgan fingerprint density at radius 3 is 2.37 bits per heavy atom. The molecule has 0 aliphatic carbocycles. The van der Waals surface area contributed by atoms with Gasteiger partial charge in [0.25, 0.3) is 5.91 Å². The Hall–Kier alpha value is -1.72. The third-order valence-electron chi connectivity index (χ3n) is 2.15. The fraction of sp³-hybridized carbons (Fsp3) is 0. The average molecular weight is 303 g/mol. The van der Waals surface area contributed by atoms with Crippen molar-refractivity contribution < 1.29 is 13.6 Å². The number of pyridine rings is 1. The van der Waals surface area contributed by atoms with Crippen LogP contribution in [0.5, 0.6) is 0 Å². The lowest BCUT2D eigenvalue weighted by Gasteiger charge is -2.06. The van der Waals surface area contributed by atoms with Crippen molar-refractivity contribution in [2.45, 2.75) is 0 Å². The number of aromatic nitrogens is 1. The van der Waals surface area contributed by atoms with Gasteiger partial charge in [0.05, 0.1) is 5.02 Å². The number of hydrogen-bond acceptors (Lipinski definition) is 2. The molecule has 2 rings (SSSR count). The van der Waals surface area contributed by atoms with Gasteiger partial charge in [-0.2, -0.15) is 0 Å². The fourth-order valence-corrected chi connectivity index (χ4v) is 1.73. The van der Waals surface area contributed by atoms with E-state index in [0.717, 1.165) is 12.1 Å². The highest BCUT2D eigenvalue weighted by molar-refractivity contribution is 6.35. The minimum atomic E-state index is -0.805. The van der Waals surface area contributed by atoms with E-state index in [1.165, 1.54) is 12.1 Å². The summed E-state index contributed by atoms with van der Waals surface area (Å²) in [6.45, 7) is 0. The summed E-state index contributed by atoms with van der Waals surface area (Å²) in [7, 11) is 0. The number of nitrogens with one attached hydrogen (secondary N) is 1. The van der Waals surface area contributed by atoms with E-state index in [2.05, 4.69) is 10.3 Å². The van der Waals surface area contributed by atoms with Crippen molar-refractivity contribution in [2.24, 2.45) is 0 Å². The molecule has 7 heteroatoms. The zero-order valence-corrected chi connectivity index (χ0v) is 10.8. The van der Waals surface area contributed by atoms with E-state index in [1.807, 2.05) is 0 Å². The molecule has 0 aliphatic heterocycles. The standard InChI is InChI=1S/C12H6Cl2F2N2O/c13-9-1-2-10(14)18-11(9)12(19)17-8-4-6(15)3-7(16)5-8/h1-5H,(H,17,19). The number of amides is 1. The second kappa shape index (κ2) is 5.50. The Balaban J connectivity index is 2.28. The van der Waals surface area contributed by atoms with Crippen LogP contribution in [-0.2, 0) is 0 Å². The molecule has 19 heavy (non-hydrogen) atoms. The van der Waals surface area contributed by atoms with E-state index in [4.69, 9.17) is 23.2 Å². The molecule has 0 spiro atoms. The van der Waals surface area contributed by atoms with Gasteiger partial charge >= 0.3 is 0 Å². The molecule has 0 saturated carbocycles. The summed E-state index contributed by atoms with van der Waals surface area (Å²) >= 11 is 11.4. The van der Waals surface area contributed by atoms with Gasteiger partial charge in [-0.1, -0.05) is 23.2 Å². The Labute approximate surface area is 117 Å². The Morgan fingerprint density at radius 1 is 1.11 bits per heavy atom. The van der Waals surface area contributed by atoms with E-state index in [1.54, 1.807) is 0 Å². The Morgan fingerprint density at radius 2 is 1.74 bits per heavy atom. The van der Waals surface area contributed by atoms with Crippen LogP contribution in [-0.4, -0.2) is 10.9 Å². The fourth-order valence-electron chi connectivity index (χ4n) is 1.39. The molecule has 0 saturated heterocycles. The summed E-state index contributed by atoms with van der Waals surface area (Å²) in [5, 5.41) is 2.45. The number of anilines is 1. The van der Waals surface area contributed by atoms with Crippen LogP contribution >= 0.6 is 23.2 Å². The smallest absolute Gasteiger partial charge is 0.275 e. The number of nitrogens with zero attached hydrogens (tertiary/aromatic N) is 1. The van der Waals surface area contributed by atoms with E-state index >= 15 is 0 Å². The third kappa shape index (κ3) is 3.39. The van der Waals surface area contributed by atoms with Gasteiger partial charge < -0.3 is 5.32 Å². The summed E-state index contributed by atoms with van der Waals surface area (Å²) < 4.78 is 25.9. The quantitative estimate of drug-likeness (QED) is 0.854. The first-order chi connectivity index (χ1) is 8.95. The van der Waals surface area contributed by atoms with E-state index in [0.29, 0.717) is 6.07 Å². The number of hydrogen-bond donors (Lipinski definition) is 1. The van der Waals surface area contributed by atoms with Gasteiger partial charge in [0.1, 0.15) is 22.5 Å². The zero-order chi connectivity index (χ0) is 14.0. The lowest BCUT2D eigenvalue weighted by molar-refractivity contribution is 0.102. The monoisotopic (exact) mass is 302 g/mol. The van der Waals surface area contributed by atoms with E-state index in [9.17, 15) is 13.6 Å². The first-order valence-electron chi connectivity index (χ1n) is 5.05. The van der Waals surface area contributed by atoms with Crippen molar-refractivity contribution in [3.05, 3.63) is 57.8 Å². The van der Waals surface area contributed by atoms with Crippen molar-refractivity contribution in [3.8, 4) is 0 Å². The highest BCUT2D eigenvalue weighted by atomic mass is 35.5. The summed E-state index contributed by atoms with van der Waals surface area (Å²) in [6, 6.07) is 5.46. The Bertz CT molecular complexity index is 629. The van der Waals surface area contributed by atoms with Crippen LogP contribution in [0.1, 0.15) is 10.5 Å². The number of halogens is 4. The van der Waals surface area contributed by atoms with Crippen molar-refractivity contribution in [2.75, 3.05) is 5.32 Å². The molecule has 2 aromatic rings. The van der Waals surface area contributed by atoms with Crippen molar-refractivity contribution >= 4 is 34.8 Å². The molecule has 0 radical (unpaired) electrons. The maximum atomic E-state index is 13.0. The maximum absolute atomic E-state index is 13.0. The molecule has 1 N–H and O–H groups in total. The molecular formula is C12H6Cl2F2N2O. The number of rotatable bonds is 2. The molecule has 0 bridgehead atoms. The highest BCUT2D eigenvalue weighted by Gasteiger charge is 2.14. The van der Waals surface area contributed by atoms with Crippen molar-refractivity contribution in [1.29, 1.82) is 0 Å². The lowest BCUT2D eigenvalue weighted by Crippen LogP contribution is -2.14. The molecular weight excluding hydrogens is 297 g/mol. The molecule has 1 aromatic carbocycles. The van der Waals surface area contributed by atoms with Gasteiger partial charge in [0, 0.05) is 11.8 Å². The van der Waals surface area contributed by atoms with Gasteiger partial charge in [-0.15, -0.1) is 0 Å². The first kappa shape index (κ1) is 13.7. The predicted octanol–water partition coefficient (Wildman–Crippen LogP) is 3.92. The lowest BCUT2D eigenvalue weighted by atomic mass is 10.2. The van der Waals surface area contributed by atoms with Crippen LogP contribution in [0, 0.1) is 11.6 Å². The predicted molar refractivity (Wildman–Crippen MR) is 68.6 cm³/mol. The number of carbonyl (C=O) groups is 1. The highest BCUT2D eigenvalue weighted by Crippen LogP contribution is 2.19. The van der Waals surface area contributed by atoms with Gasteiger partial charge in [0.2, 0.25) is 0 Å². The van der Waals surface area contributed by atoms with E-state index < -0.39 is 17.5 Å². The first-order valence-corrected chi connectivity index (χ1v) is 5.81. The summed E-state index contributed by atoms with van der Waals surface area (Å²) in [5.41, 5.74) is -0.167. The topological polar surface area (TPSA) is 42.0 Å². The molecule has 1 aromatic heterocycles. The van der Waals surface area contributed by atoms with Gasteiger partial charge in [-0.3, -0.25) is 4.79 Å². The van der Waals surface area contributed by atoms with Crippen molar-refractivity contribution in [1.82, 2.24) is 4.98 Å². The second-order valence-corrected chi connectivity index (χ2v) is 4.37. The second-order valence-electron chi connectivity index (χ2n) is 3.58. The van der Waals surface area contributed by atoms with E-state index in [-0.39, 0.29) is 21.6 Å². The van der Waals surface area contributed by atoms with Crippen LogP contribution in [0.25, 0.3) is 0 Å². The van der Waals surface area contributed by atoms with Crippen LogP contribution in [0.3, 0.4) is 0 Å². The molecule has 0 unspecified atom stereocenters. The SMILES string of the molecule is O=C(Nc1cc(F)cc(F)c1)c1nc(Cl)ccc1Cl. The number of carbonyl (C=O) groups excluding carboxylic acids is 1. The molecule has 0 fully saturated rings. The summed E-state index contributed by atoms with van der Waals surface area (Å²) in [6.07, 6.45) is 0. The molecule has 98 valence electrons. The largest absolute Gasteiger partial charge is 0.320 e. The Kier molecular flexibility index (Phi) is 3.97. The average Bonchev–Trinajstić information content (AvgIpc) is 2.30. The maximum Gasteiger partial charge on any atom is 0.275 e.